The van der Waals surface area contributed by atoms with Crippen molar-refractivity contribution in [3.63, 3.8) is 0 Å². The van der Waals surface area contributed by atoms with Crippen molar-refractivity contribution in [2.45, 2.75) is 62.9 Å². The fraction of sp³-hybridized carbons (Fsp3) is 0.213. The molecule has 0 saturated carbocycles. The maximum atomic E-state index is 14.2. The molecule has 6 rings (SSSR count). The highest BCUT2D eigenvalue weighted by atomic mass is 19.4. The van der Waals surface area contributed by atoms with E-state index in [1.54, 1.807) is 28.8 Å². The van der Waals surface area contributed by atoms with Crippen LogP contribution < -0.4 is 26.4 Å². The van der Waals surface area contributed by atoms with Crippen LogP contribution in [0.2, 0.25) is 0 Å². The Hall–Kier alpha value is -7.03. The number of aromatic nitrogens is 1. The number of Topliss-reactive ketones (excluding diaryl/α,β-unsaturated/α-hetero) is 2. The van der Waals surface area contributed by atoms with Crippen molar-refractivity contribution in [3.8, 4) is 0 Å². The summed E-state index contributed by atoms with van der Waals surface area (Å²) in [6.45, 7) is 1.72. The summed E-state index contributed by atoms with van der Waals surface area (Å²) in [7, 11) is 0. The summed E-state index contributed by atoms with van der Waals surface area (Å²) in [5.41, 5.74) is -29.2. The fourth-order valence-electron chi connectivity index (χ4n) is 7.89. The first-order valence-electron chi connectivity index (χ1n) is 20.4. The number of pyridine rings is 1. The Morgan fingerprint density at radius 3 is 0.787 bits per heavy atom. The average molecular weight is 1100 g/mol. The van der Waals surface area contributed by atoms with Crippen molar-refractivity contribution in [2.75, 3.05) is 0 Å². The van der Waals surface area contributed by atoms with Gasteiger partial charge in [0.25, 0.3) is 0 Å². The molecule has 0 aliphatic heterocycles. The summed E-state index contributed by atoms with van der Waals surface area (Å²) in [6, 6.07) is 3.74. The summed E-state index contributed by atoms with van der Waals surface area (Å²) < 4.78 is 343. The molecular formula is C47H26BF24NO2. The summed E-state index contributed by atoms with van der Waals surface area (Å²) in [5.74, 6) is -0.144. The van der Waals surface area contributed by atoms with Gasteiger partial charge in [0.05, 0.1) is 44.5 Å². The van der Waals surface area contributed by atoms with E-state index in [0.717, 1.165) is 0 Å². The molecule has 28 heteroatoms. The molecule has 402 valence electrons. The van der Waals surface area contributed by atoms with E-state index in [9.17, 15) is 115 Å². The summed E-state index contributed by atoms with van der Waals surface area (Å²) in [5, 5.41) is 0. The molecule has 0 spiro atoms. The van der Waals surface area contributed by atoms with Crippen LogP contribution in [-0.4, -0.2) is 17.7 Å². The Kier molecular flexibility index (Phi) is 15.9. The number of halogens is 24. The van der Waals surface area contributed by atoms with Gasteiger partial charge in [-0.3, -0.25) is 9.59 Å². The molecule has 1 heterocycles. The van der Waals surface area contributed by atoms with Gasteiger partial charge in [-0.1, -0.05) is 78.9 Å². The van der Waals surface area contributed by atoms with E-state index >= 15 is 0 Å². The average Bonchev–Trinajstić information content (AvgIpc) is 3.27. The molecule has 0 saturated heterocycles. The van der Waals surface area contributed by atoms with Gasteiger partial charge in [-0.25, -0.2) is 0 Å². The van der Waals surface area contributed by atoms with Crippen LogP contribution in [0.3, 0.4) is 0 Å². The Morgan fingerprint density at radius 2 is 0.573 bits per heavy atom. The van der Waals surface area contributed by atoms with Crippen LogP contribution in [0.4, 0.5) is 105 Å². The van der Waals surface area contributed by atoms with Gasteiger partial charge in [0.2, 0.25) is 12.3 Å². The minimum atomic E-state index is -6.13. The lowest BCUT2D eigenvalue weighted by molar-refractivity contribution is -0.683. The van der Waals surface area contributed by atoms with Gasteiger partial charge in [0.15, 0.2) is 18.2 Å². The lowest BCUT2D eigenvalue weighted by Gasteiger charge is -2.46. The van der Waals surface area contributed by atoms with Gasteiger partial charge in [-0.15, -0.1) is 0 Å². The number of benzene rings is 5. The second kappa shape index (κ2) is 20.3. The maximum Gasteiger partial charge on any atom is 0.416 e. The summed E-state index contributed by atoms with van der Waals surface area (Å²) in [4.78, 5) is 23.6. The molecule has 0 fully saturated rings. The molecule has 0 unspecified atom stereocenters. The molecule has 0 atom stereocenters. The molecule has 6 aromatic rings. The Bertz CT molecular complexity index is 2630. The van der Waals surface area contributed by atoms with Crippen molar-refractivity contribution in [2.24, 2.45) is 0 Å². The van der Waals surface area contributed by atoms with Crippen molar-refractivity contribution in [3.05, 3.63) is 183 Å². The molecule has 3 nitrogen and oxygen atoms in total. The standard InChI is InChI=1S/C32H12BF24.C15H14NO2/c34-25(35,36)13-1-14(26(37,38)39)6-21(5-13)33(22-7-15(27(40,41)42)2-16(8-22)28(43,44)45,23-9-17(29(46,47)48)3-18(10-23)30(49,50)51)24-11-19(31(52,53)54)4-20(12-24)32(55,56)57;1-12(17)13-7-3-4-8-14(13)15(18)11-16-9-5-2-6-10-16/h1-12H;2-10H,11H2,1H3/q-1;+1. The maximum absolute atomic E-state index is 14.2. The number of carbonyl (C=O) groups excluding carboxylic acids is 2. The molecule has 0 amide bonds. The first kappa shape index (κ1) is 58.9. The van der Waals surface area contributed by atoms with Gasteiger partial charge < -0.3 is 0 Å². The Balaban J connectivity index is 0.000000483. The predicted octanol–water partition coefficient (Wildman–Crippen LogP) is 13.3. The zero-order valence-corrected chi connectivity index (χ0v) is 36.7. The van der Waals surface area contributed by atoms with Crippen LogP contribution in [-0.2, 0) is 56.0 Å². The summed E-state index contributed by atoms with van der Waals surface area (Å²) >= 11 is 0. The van der Waals surface area contributed by atoms with Crippen molar-refractivity contribution in [1.29, 1.82) is 0 Å². The predicted molar refractivity (Wildman–Crippen MR) is 217 cm³/mol. The monoisotopic (exact) mass is 1100 g/mol. The molecular weight excluding hydrogens is 1080 g/mol. The molecule has 0 bridgehead atoms. The number of nitrogens with zero attached hydrogens (tertiary/aromatic N) is 1. The number of carbonyl (C=O) groups is 2. The number of alkyl halides is 24. The first-order chi connectivity index (χ1) is 33.9. The van der Waals surface area contributed by atoms with Crippen molar-refractivity contribution >= 4 is 39.6 Å². The Morgan fingerprint density at radius 1 is 0.347 bits per heavy atom. The van der Waals surface area contributed by atoms with Gasteiger partial charge in [0.1, 0.15) is 6.15 Å². The second-order valence-corrected chi connectivity index (χ2v) is 16.3. The minimum Gasteiger partial charge on any atom is -0.294 e. The molecule has 1 aromatic heterocycles. The normalized spacial score (nSPS) is 13.3. The molecule has 5 aromatic carbocycles. The fourth-order valence-corrected chi connectivity index (χ4v) is 7.89. The zero-order chi connectivity index (χ0) is 56.9. The van der Waals surface area contributed by atoms with E-state index in [1.165, 1.54) is 6.92 Å². The largest absolute Gasteiger partial charge is 0.416 e. The van der Waals surface area contributed by atoms with Gasteiger partial charge in [0, 0.05) is 23.3 Å². The van der Waals surface area contributed by atoms with Crippen LogP contribution in [0.1, 0.15) is 72.1 Å². The number of hydrogen-bond acceptors (Lipinski definition) is 2. The van der Waals surface area contributed by atoms with E-state index in [0.29, 0.717) is 11.1 Å². The first-order valence-corrected chi connectivity index (χ1v) is 20.4. The molecule has 0 radical (unpaired) electrons. The minimum absolute atomic E-state index is 0.0583. The number of ketones is 2. The number of rotatable bonds is 8. The van der Waals surface area contributed by atoms with Gasteiger partial charge in [-0.05, 0) is 31.2 Å². The van der Waals surface area contributed by atoms with E-state index in [-0.39, 0.29) is 18.1 Å². The van der Waals surface area contributed by atoms with E-state index < -0.39 is 195 Å². The smallest absolute Gasteiger partial charge is 0.294 e. The highest BCUT2D eigenvalue weighted by molar-refractivity contribution is 7.20. The molecule has 0 N–H and O–H groups in total. The van der Waals surface area contributed by atoms with Crippen molar-refractivity contribution in [1.82, 2.24) is 0 Å². The van der Waals surface area contributed by atoms with Gasteiger partial charge in [-0.2, -0.15) is 132 Å². The van der Waals surface area contributed by atoms with E-state index in [1.807, 2.05) is 30.6 Å². The molecule has 0 aliphatic rings. The third-order valence-electron chi connectivity index (χ3n) is 11.2. The second-order valence-electron chi connectivity index (χ2n) is 16.3. The van der Waals surface area contributed by atoms with Crippen LogP contribution in [0.5, 0.6) is 0 Å². The van der Waals surface area contributed by atoms with Crippen LogP contribution in [0.15, 0.2) is 128 Å². The topological polar surface area (TPSA) is 38.0 Å². The van der Waals surface area contributed by atoms with Crippen LogP contribution in [0, 0.1) is 0 Å². The molecule has 75 heavy (non-hydrogen) atoms. The quantitative estimate of drug-likeness (QED) is 0.0659. The lowest BCUT2D eigenvalue weighted by Crippen LogP contribution is -2.75. The zero-order valence-electron chi connectivity index (χ0n) is 36.7. The van der Waals surface area contributed by atoms with E-state index in [4.69, 9.17) is 0 Å². The van der Waals surface area contributed by atoms with Gasteiger partial charge >= 0.3 is 49.4 Å². The lowest BCUT2D eigenvalue weighted by atomic mass is 9.12. The molecule has 0 aliphatic carbocycles. The highest BCUT2D eigenvalue weighted by Crippen LogP contribution is 2.41. The third-order valence-corrected chi connectivity index (χ3v) is 11.2. The third kappa shape index (κ3) is 13.6. The highest BCUT2D eigenvalue weighted by Gasteiger charge is 2.47. The number of hydrogen-bond donors (Lipinski definition) is 0. The summed E-state index contributed by atoms with van der Waals surface area (Å²) in [6.07, 6.45) is -51.2. The van der Waals surface area contributed by atoms with E-state index in [2.05, 4.69) is 0 Å². The van der Waals surface area contributed by atoms with Crippen LogP contribution >= 0.6 is 0 Å². The van der Waals surface area contributed by atoms with Crippen LogP contribution in [0.25, 0.3) is 0 Å². The Labute approximate surface area is 404 Å². The SMILES string of the molecule is CC(=O)c1ccccc1C(=O)C[n+]1ccccc1.FC(F)(F)c1cc([B-](c2cc(C(F)(F)F)cc(C(F)(F)F)c2)(c2cc(C(F)(F)F)cc(C(F)(F)F)c2)c2cc(C(F)(F)F)cc(C(F)(F)F)c2)cc(C(F)(F)F)c1. The van der Waals surface area contributed by atoms with Crippen molar-refractivity contribution < 1.29 is 120 Å².